The van der Waals surface area contributed by atoms with E-state index in [0.29, 0.717) is 5.02 Å². The van der Waals surface area contributed by atoms with Crippen molar-refractivity contribution in [3.63, 3.8) is 0 Å². The summed E-state index contributed by atoms with van der Waals surface area (Å²) in [5.41, 5.74) is 3.01. The number of aromatic nitrogens is 4. The maximum atomic E-state index is 6.00. The monoisotopic (exact) mass is 357 g/mol. The predicted molar refractivity (Wildman–Crippen MR) is 101 cm³/mol. The van der Waals surface area contributed by atoms with Crippen molar-refractivity contribution < 1.29 is 0 Å². The van der Waals surface area contributed by atoms with Gasteiger partial charge in [0.1, 0.15) is 11.5 Å². The van der Waals surface area contributed by atoms with Crippen LogP contribution in [0.4, 0.5) is 0 Å². The van der Waals surface area contributed by atoms with Crippen LogP contribution in [0.25, 0.3) is 5.65 Å². The zero-order valence-corrected chi connectivity index (χ0v) is 15.7. The fraction of sp³-hybridized carbons (Fsp3) is 0.421. The Labute approximate surface area is 153 Å². The molecule has 0 aromatic carbocycles. The second-order valence-corrected chi connectivity index (χ2v) is 7.68. The van der Waals surface area contributed by atoms with Crippen LogP contribution in [0.5, 0.6) is 0 Å². The molecule has 3 heterocycles. The van der Waals surface area contributed by atoms with E-state index in [1.807, 2.05) is 41.2 Å². The minimum absolute atomic E-state index is 0.0136. The minimum Gasteiger partial charge on any atom is -0.311 e. The number of pyridine rings is 1. The van der Waals surface area contributed by atoms with Gasteiger partial charge >= 0.3 is 0 Å². The molecule has 3 aromatic heterocycles. The summed E-state index contributed by atoms with van der Waals surface area (Å²) in [6.45, 7) is 8.07. The summed E-state index contributed by atoms with van der Waals surface area (Å²) in [6, 6.07) is 5.78. The van der Waals surface area contributed by atoms with Crippen LogP contribution >= 0.6 is 11.6 Å². The number of nitrogens with zero attached hydrogens (tertiary/aromatic N) is 4. The molecule has 0 saturated carbocycles. The Balaban J connectivity index is 1.47. The molecule has 1 N–H and O–H groups in total. The lowest BCUT2D eigenvalue weighted by atomic mass is 9.95. The summed E-state index contributed by atoms with van der Waals surface area (Å²) in [4.78, 5) is 13.6. The van der Waals surface area contributed by atoms with E-state index in [-0.39, 0.29) is 5.41 Å². The molecule has 0 bridgehead atoms. The lowest BCUT2D eigenvalue weighted by Crippen LogP contribution is -2.18. The van der Waals surface area contributed by atoms with Gasteiger partial charge in [-0.3, -0.25) is 0 Å². The molecule has 0 radical (unpaired) electrons. The highest BCUT2D eigenvalue weighted by molar-refractivity contribution is 6.30. The molecule has 0 unspecified atom stereocenters. The largest absolute Gasteiger partial charge is 0.311 e. The van der Waals surface area contributed by atoms with Crippen LogP contribution in [0, 0.1) is 0 Å². The smallest absolute Gasteiger partial charge is 0.137 e. The highest BCUT2D eigenvalue weighted by Gasteiger charge is 2.17. The molecule has 0 aliphatic rings. The first-order chi connectivity index (χ1) is 11.9. The Morgan fingerprint density at radius 2 is 1.92 bits per heavy atom. The summed E-state index contributed by atoms with van der Waals surface area (Å²) in [5.74, 6) is 0.904. The first-order valence-electron chi connectivity index (χ1n) is 8.58. The molecule has 0 atom stereocenters. The molecule has 5 nitrogen and oxygen atoms in total. The second kappa shape index (κ2) is 7.50. The van der Waals surface area contributed by atoms with E-state index in [9.17, 15) is 0 Å². The predicted octanol–water partition coefficient (Wildman–Crippen LogP) is 3.80. The highest BCUT2D eigenvalue weighted by atomic mass is 35.5. The molecule has 132 valence electrons. The van der Waals surface area contributed by atoms with Gasteiger partial charge in [-0.1, -0.05) is 32.4 Å². The van der Waals surface area contributed by atoms with Gasteiger partial charge in [0.05, 0.1) is 10.7 Å². The van der Waals surface area contributed by atoms with Crippen molar-refractivity contribution in [2.75, 3.05) is 6.54 Å². The molecule has 0 spiro atoms. The van der Waals surface area contributed by atoms with Crippen molar-refractivity contribution in [2.45, 2.75) is 45.6 Å². The number of halogens is 1. The Morgan fingerprint density at radius 3 is 2.72 bits per heavy atom. The maximum Gasteiger partial charge on any atom is 0.137 e. The maximum absolute atomic E-state index is 6.00. The standard InChI is InChI=1S/C19H24ClN5/c1-19(2,3)18-22-10-8-15(24-18)5-4-9-21-11-16-13-25-12-14(20)6-7-17(25)23-16/h6-8,10,12-13,21H,4-5,9,11H2,1-3H3. The van der Waals surface area contributed by atoms with Gasteiger partial charge in [0.15, 0.2) is 0 Å². The SMILES string of the molecule is CC(C)(C)c1nccc(CCCNCc2cn3cc(Cl)ccc3n2)n1. The molecule has 0 aliphatic carbocycles. The Hall–Kier alpha value is -1.98. The topological polar surface area (TPSA) is 55.1 Å². The molecule has 0 saturated heterocycles. The molecule has 25 heavy (non-hydrogen) atoms. The minimum atomic E-state index is -0.0136. The van der Waals surface area contributed by atoms with Gasteiger partial charge < -0.3 is 9.72 Å². The molecule has 0 fully saturated rings. The van der Waals surface area contributed by atoms with Crippen LogP contribution in [0.2, 0.25) is 5.02 Å². The number of nitrogens with one attached hydrogen (secondary N) is 1. The van der Waals surface area contributed by atoms with E-state index >= 15 is 0 Å². The molecule has 0 aliphatic heterocycles. The number of hydrogen-bond donors (Lipinski definition) is 1. The van der Waals surface area contributed by atoms with E-state index in [1.165, 1.54) is 0 Å². The summed E-state index contributed by atoms with van der Waals surface area (Å²) < 4.78 is 1.95. The van der Waals surface area contributed by atoms with Gasteiger partial charge in [-0.15, -0.1) is 0 Å². The van der Waals surface area contributed by atoms with Crippen LogP contribution in [-0.2, 0) is 18.4 Å². The van der Waals surface area contributed by atoms with Crippen molar-refractivity contribution in [3.8, 4) is 0 Å². The van der Waals surface area contributed by atoms with Crippen molar-refractivity contribution in [1.82, 2.24) is 24.7 Å². The molecular weight excluding hydrogens is 334 g/mol. The zero-order chi connectivity index (χ0) is 17.9. The summed E-state index contributed by atoms with van der Waals surface area (Å²) in [7, 11) is 0. The van der Waals surface area contributed by atoms with Crippen molar-refractivity contribution >= 4 is 17.2 Å². The van der Waals surface area contributed by atoms with Crippen molar-refractivity contribution in [2.24, 2.45) is 0 Å². The van der Waals surface area contributed by atoms with Gasteiger partial charge in [-0.25, -0.2) is 15.0 Å². The van der Waals surface area contributed by atoms with Gasteiger partial charge in [-0.2, -0.15) is 0 Å². The van der Waals surface area contributed by atoms with Crippen molar-refractivity contribution in [3.05, 3.63) is 59.0 Å². The summed E-state index contributed by atoms with van der Waals surface area (Å²) in [6.07, 6.45) is 7.71. The lowest BCUT2D eigenvalue weighted by Gasteiger charge is -2.16. The van der Waals surface area contributed by atoms with E-state index in [2.05, 4.69) is 41.0 Å². The van der Waals surface area contributed by atoms with Gasteiger partial charge in [0, 0.05) is 36.2 Å². The highest BCUT2D eigenvalue weighted by Crippen LogP contribution is 2.17. The average Bonchev–Trinajstić information content (AvgIpc) is 2.96. The third-order valence-electron chi connectivity index (χ3n) is 3.94. The van der Waals surface area contributed by atoms with E-state index in [4.69, 9.17) is 11.6 Å². The van der Waals surface area contributed by atoms with Crippen molar-refractivity contribution in [1.29, 1.82) is 0 Å². The van der Waals surface area contributed by atoms with Gasteiger partial charge in [0.25, 0.3) is 0 Å². The third kappa shape index (κ3) is 4.77. The Kier molecular flexibility index (Phi) is 5.35. The van der Waals surface area contributed by atoms with Crippen LogP contribution in [0.1, 0.15) is 44.4 Å². The number of fused-ring (bicyclic) bond motifs is 1. The van der Waals surface area contributed by atoms with E-state index in [1.54, 1.807) is 0 Å². The molecule has 3 aromatic rings. The number of hydrogen-bond acceptors (Lipinski definition) is 4. The summed E-state index contributed by atoms with van der Waals surface area (Å²) >= 11 is 6.00. The first-order valence-corrected chi connectivity index (χ1v) is 8.96. The fourth-order valence-electron chi connectivity index (χ4n) is 2.61. The normalized spacial score (nSPS) is 12.0. The average molecular weight is 358 g/mol. The van der Waals surface area contributed by atoms with E-state index < -0.39 is 0 Å². The molecular formula is C19H24ClN5. The fourth-order valence-corrected chi connectivity index (χ4v) is 2.78. The van der Waals surface area contributed by atoms with Crippen LogP contribution in [-0.4, -0.2) is 25.9 Å². The first kappa shape index (κ1) is 17.8. The third-order valence-corrected chi connectivity index (χ3v) is 4.17. The number of aryl methyl sites for hydroxylation is 1. The van der Waals surface area contributed by atoms with Gasteiger partial charge in [0.2, 0.25) is 0 Å². The zero-order valence-electron chi connectivity index (χ0n) is 15.0. The quantitative estimate of drug-likeness (QED) is 0.682. The number of rotatable bonds is 6. The number of imidazole rings is 1. The van der Waals surface area contributed by atoms with E-state index in [0.717, 1.165) is 48.8 Å². The molecule has 0 amide bonds. The van der Waals surface area contributed by atoms with Crippen LogP contribution < -0.4 is 5.32 Å². The molecule has 3 rings (SSSR count). The Bertz CT molecular complexity index is 850. The Morgan fingerprint density at radius 1 is 1.08 bits per heavy atom. The second-order valence-electron chi connectivity index (χ2n) is 7.25. The van der Waals surface area contributed by atoms with Gasteiger partial charge in [-0.05, 0) is 37.6 Å². The summed E-state index contributed by atoms with van der Waals surface area (Å²) in [5, 5.41) is 4.15. The van der Waals surface area contributed by atoms with Crippen LogP contribution in [0.15, 0.2) is 36.8 Å². The lowest BCUT2D eigenvalue weighted by molar-refractivity contribution is 0.539. The molecule has 6 heteroatoms. The van der Waals surface area contributed by atoms with Crippen LogP contribution in [0.3, 0.4) is 0 Å².